The fourth-order valence-corrected chi connectivity index (χ4v) is 1.90. The Morgan fingerprint density at radius 2 is 2.29 bits per heavy atom. The molecule has 2 N–H and O–H groups in total. The Labute approximate surface area is 101 Å². The number of rotatable bonds is 4. The molecule has 0 bridgehead atoms. The third-order valence-corrected chi connectivity index (χ3v) is 2.85. The van der Waals surface area contributed by atoms with Crippen molar-refractivity contribution < 1.29 is 0 Å². The lowest BCUT2D eigenvalue weighted by molar-refractivity contribution is 0.602. The van der Waals surface area contributed by atoms with Crippen LogP contribution in [0.5, 0.6) is 0 Å². The second-order valence-corrected chi connectivity index (χ2v) is 4.19. The van der Waals surface area contributed by atoms with E-state index in [2.05, 4.69) is 17.0 Å². The summed E-state index contributed by atoms with van der Waals surface area (Å²) in [5.74, 6) is 0. The third kappa shape index (κ3) is 2.53. The van der Waals surface area contributed by atoms with Crippen LogP contribution < -0.4 is 5.73 Å². The summed E-state index contributed by atoms with van der Waals surface area (Å²) >= 11 is 0. The summed E-state index contributed by atoms with van der Waals surface area (Å²) in [4.78, 5) is 4.26. The third-order valence-electron chi connectivity index (χ3n) is 2.85. The molecule has 4 heteroatoms. The number of hydrogen-bond donors (Lipinski definition) is 1. The maximum atomic E-state index is 6.23. The largest absolute Gasteiger partial charge is 0.320 e. The van der Waals surface area contributed by atoms with Crippen LogP contribution in [0.15, 0.2) is 30.7 Å². The lowest BCUT2D eigenvalue weighted by Crippen LogP contribution is -2.13. The van der Waals surface area contributed by atoms with Crippen molar-refractivity contribution in [2.45, 2.75) is 32.9 Å². The van der Waals surface area contributed by atoms with Gasteiger partial charge in [-0.3, -0.25) is 9.67 Å². The van der Waals surface area contributed by atoms with Gasteiger partial charge in [0.05, 0.1) is 12.2 Å². The normalized spacial score (nSPS) is 12.6. The Kier molecular flexibility index (Phi) is 3.54. The predicted molar refractivity (Wildman–Crippen MR) is 67.5 cm³/mol. The Morgan fingerprint density at radius 3 is 3.00 bits per heavy atom. The van der Waals surface area contributed by atoms with Crippen LogP contribution in [0.25, 0.3) is 0 Å². The molecule has 17 heavy (non-hydrogen) atoms. The minimum Gasteiger partial charge on any atom is -0.320 e. The molecule has 0 amide bonds. The fraction of sp³-hybridized carbons (Fsp3) is 0.385. The van der Waals surface area contributed by atoms with Crippen LogP contribution in [0.2, 0.25) is 0 Å². The van der Waals surface area contributed by atoms with E-state index in [1.165, 1.54) is 0 Å². The molecule has 0 saturated heterocycles. The van der Waals surface area contributed by atoms with Crippen LogP contribution >= 0.6 is 0 Å². The first-order valence-electron chi connectivity index (χ1n) is 5.91. The van der Waals surface area contributed by atoms with Crippen LogP contribution in [-0.2, 0) is 6.54 Å². The molecule has 0 aliphatic carbocycles. The molecule has 2 rings (SSSR count). The van der Waals surface area contributed by atoms with Crippen LogP contribution in [0.1, 0.15) is 36.2 Å². The first kappa shape index (κ1) is 11.8. The van der Waals surface area contributed by atoms with E-state index in [-0.39, 0.29) is 6.04 Å². The smallest absolute Gasteiger partial charge is 0.0600 e. The molecule has 0 fully saturated rings. The van der Waals surface area contributed by atoms with Crippen molar-refractivity contribution in [3.63, 3.8) is 0 Å². The molecule has 2 aromatic rings. The van der Waals surface area contributed by atoms with E-state index >= 15 is 0 Å². The molecule has 4 nitrogen and oxygen atoms in total. The zero-order valence-electron chi connectivity index (χ0n) is 10.3. The van der Waals surface area contributed by atoms with Crippen molar-refractivity contribution in [2.75, 3.05) is 0 Å². The Hall–Kier alpha value is -1.68. The zero-order chi connectivity index (χ0) is 12.3. The highest BCUT2D eigenvalue weighted by Crippen LogP contribution is 2.20. The first-order valence-corrected chi connectivity index (χ1v) is 5.91. The van der Waals surface area contributed by atoms with Crippen LogP contribution in [-0.4, -0.2) is 14.8 Å². The van der Waals surface area contributed by atoms with E-state index in [4.69, 9.17) is 5.73 Å². The van der Waals surface area contributed by atoms with Gasteiger partial charge in [0.15, 0.2) is 0 Å². The molecule has 0 spiro atoms. The number of pyridine rings is 1. The van der Waals surface area contributed by atoms with E-state index in [0.29, 0.717) is 0 Å². The van der Waals surface area contributed by atoms with Crippen LogP contribution in [0.4, 0.5) is 0 Å². The van der Waals surface area contributed by atoms with E-state index in [1.807, 2.05) is 36.1 Å². The Morgan fingerprint density at radius 1 is 1.47 bits per heavy atom. The Balaban J connectivity index is 2.24. The van der Waals surface area contributed by atoms with Crippen molar-refractivity contribution in [1.82, 2.24) is 14.8 Å². The van der Waals surface area contributed by atoms with Gasteiger partial charge in [0.1, 0.15) is 0 Å². The van der Waals surface area contributed by atoms with Crippen molar-refractivity contribution >= 4 is 0 Å². The summed E-state index contributed by atoms with van der Waals surface area (Å²) in [5.41, 5.74) is 9.30. The molecule has 0 aromatic carbocycles. The van der Waals surface area contributed by atoms with Gasteiger partial charge in [0, 0.05) is 30.2 Å². The molecule has 2 aromatic heterocycles. The van der Waals surface area contributed by atoms with E-state index in [1.54, 1.807) is 6.20 Å². The number of hydrogen-bond acceptors (Lipinski definition) is 3. The summed E-state index contributed by atoms with van der Waals surface area (Å²) in [5, 5.41) is 4.30. The number of aromatic nitrogens is 3. The average Bonchev–Trinajstić information content (AvgIpc) is 2.78. The summed E-state index contributed by atoms with van der Waals surface area (Å²) < 4.78 is 1.93. The first-order chi connectivity index (χ1) is 8.22. The number of nitrogens with zero attached hydrogens (tertiary/aromatic N) is 3. The topological polar surface area (TPSA) is 56.7 Å². The molecule has 2 heterocycles. The van der Waals surface area contributed by atoms with Crippen molar-refractivity contribution in [3.8, 4) is 0 Å². The average molecular weight is 230 g/mol. The number of nitrogens with two attached hydrogens (primary N) is 1. The lowest BCUT2D eigenvalue weighted by atomic mass is 10.0. The minimum absolute atomic E-state index is 0.144. The van der Waals surface area contributed by atoms with Gasteiger partial charge in [-0.2, -0.15) is 5.10 Å². The van der Waals surface area contributed by atoms with E-state index in [9.17, 15) is 0 Å². The Bertz CT molecular complexity index is 490. The van der Waals surface area contributed by atoms with Crippen molar-refractivity contribution in [3.05, 3.63) is 47.5 Å². The van der Waals surface area contributed by atoms with Crippen LogP contribution in [0.3, 0.4) is 0 Å². The van der Waals surface area contributed by atoms with Gasteiger partial charge in [-0.05, 0) is 25.0 Å². The molecule has 1 unspecified atom stereocenters. The molecular formula is C13H18N4. The van der Waals surface area contributed by atoms with Gasteiger partial charge >= 0.3 is 0 Å². The molecule has 0 aliphatic heterocycles. The van der Waals surface area contributed by atoms with Gasteiger partial charge in [-0.15, -0.1) is 0 Å². The van der Waals surface area contributed by atoms with Crippen molar-refractivity contribution in [2.24, 2.45) is 5.73 Å². The fourth-order valence-electron chi connectivity index (χ4n) is 1.90. The molecule has 0 aliphatic rings. The van der Waals surface area contributed by atoms with Gasteiger partial charge in [0.25, 0.3) is 0 Å². The second-order valence-electron chi connectivity index (χ2n) is 4.19. The summed E-state index contributed by atoms with van der Waals surface area (Å²) in [6.07, 6.45) is 6.71. The molecule has 90 valence electrons. The SMILES string of the molecule is CCCn1cc(C(N)c2cccnc2C)cn1. The van der Waals surface area contributed by atoms with E-state index < -0.39 is 0 Å². The monoisotopic (exact) mass is 230 g/mol. The highest BCUT2D eigenvalue weighted by molar-refractivity contribution is 5.30. The zero-order valence-corrected chi connectivity index (χ0v) is 10.3. The quantitative estimate of drug-likeness (QED) is 0.874. The summed E-state index contributed by atoms with van der Waals surface area (Å²) in [7, 11) is 0. The second kappa shape index (κ2) is 5.10. The summed E-state index contributed by atoms with van der Waals surface area (Å²) in [6.45, 7) is 5.04. The minimum atomic E-state index is -0.144. The highest BCUT2D eigenvalue weighted by atomic mass is 15.3. The molecule has 1 atom stereocenters. The maximum absolute atomic E-state index is 6.23. The van der Waals surface area contributed by atoms with E-state index in [0.717, 1.165) is 29.8 Å². The highest BCUT2D eigenvalue weighted by Gasteiger charge is 2.13. The standard InChI is InChI=1S/C13H18N4/c1-3-7-17-9-11(8-16-17)13(14)12-5-4-6-15-10(12)2/h4-6,8-9,13H,3,7,14H2,1-2H3. The van der Waals surface area contributed by atoms with Gasteiger partial charge in [-0.1, -0.05) is 13.0 Å². The van der Waals surface area contributed by atoms with Crippen LogP contribution in [0, 0.1) is 6.92 Å². The molecule has 0 radical (unpaired) electrons. The predicted octanol–water partition coefficient (Wildman–Crippen LogP) is 2.04. The maximum Gasteiger partial charge on any atom is 0.0600 e. The van der Waals surface area contributed by atoms with Gasteiger partial charge in [-0.25, -0.2) is 0 Å². The number of aryl methyl sites for hydroxylation is 2. The molecule has 0 saturated carbocycles. The van der Waals surface area contributed by atoms with Crippen molar-refractivity contribution in [1.29, 1.82) is 0 Å². The summed E-state index contributed by atoms with van der Waals surface area (Å²) in [6, 6.07) is 3.79. The van der Waals surface area contributed by atoms with Gasteiger partial charge < -0.3 is 5.73 Å². The lowest BCUT2D eigenvalue weighted by Gasteiger charge is -2.11. The molecular weight excluding hydrogens is 212 g/mol. The van der Waals surface area contributed by atoms with Gasteiger partial charge in [0.2, 0.25) is 0 Å².